The Labute approximate surface area is 144 Å². The van der Waals surface area contributed by atoms with Gasteiger partial charge in [-0.25, -0.2) is 25.4 Å². The third-order valence-corrected chi connectivity index (χ3v) is 4.39. The molecule has 0 radical (unpaired) electrons. The fraction of sp³-hybridized carbons (Fsp3) is 0.312. The fourth-order valence-corrected chi connectivity index (χ4v) is 3.24. The topological polar surface area (TPSA) is 85.4 Å². The van der Waals surface area contributed by atoms with Crippen LogP contribution in [0.3, 0.4) is 0 Å². The minimum atomic E-state index is -0.250. The van der Waals surface area contributed by atoms with E-state index in [4.69, 9.17) is 4.74 Å². The second-order valence-corrected chi connectivity index (χ2v) is 5.95. The standard InChI is InChI=1S/C16H18N8O/c1-2-9-25-14(4-1)24-13(5-8-23(24)22-7-3-6-20-22)16-17-10-12-15(21-16)19-11-18-12/h1-2,4-5,9-11,14,20H,3,6-8H2,(H,17,18,19,21). The molecule has 128 valence electrons. The van der Waals surface area contributed by atoms with Crippen LogP contribution in [0.4, 0.5) is 0 Å². The van der Waals surface area contributed by atoms with Crippen molar-refractivity contribution < 1.29 is 4.74 Å². The molecule has 0 aromatic carbocycles. The van der Waals surface area contributed by atoms with Crippen molar-refractivity contribution >= 4 is 16.9 Å². The number of aromatic amines is 1. The number of imidazole rings is 1. The second-order valence-electron chi connectivity index (χ2n) is 5.95. The number of nitrogens with zero attached hydrogens (tertiary/aromatic N) is 6. The maximum absolute atomic E-state index is 5.82. The van der Waals surface area contributed by atoms with Gasteiger partial charge in [-0.2, -0.15) is 5.12 Å². The van der Waals surface area contributed by atoms with Gasteiger partial charge in [0.15, 0.2) is 11.5 Å². The molecular weight excluding hydrogens is 320 g/mol. The lowest BCUT2D eigenvalue weighted by atomic mass is 10.3. The van der Waals surface area contributed by atoms with E-state index in [1.807, 2.05) is 18.2 Å². The van der Waals surface area contributed by atoms with Gasteiger partial charge in [0, 0.05) is 13.1 Å². The zero-order chi connectivity index (χ0) is 16.6. The van der Waals surface area contributed by atoms with Crippen molar-refractivity contribution in [2.24, 2.45) is 0 Å². The van der Waals surface area contributed by atoms with Crippen LogP contribution in [-0.4, -0.2) is 61.0 Å². The number of H-pyrrole nitrogens is 1. The van der Waals surface area contributed by atoms with Crippen molar-refractivity contribution in [3.8, 4) is 0 Å². The Morgan fingerprint density at radius 2 is 2.24 bits per heavy atom. The summed E-state index contributed by atoms with van der Waals surface area (Å²) in [5.74, 6) is 0.632. The van der Waals surface area contributed by atoms with Crippen molar-refractivity contribution in [3.05, 3.63) is 48.9 Å². The molecule has 2 aromatic rings. The predicted molar refractivity (Wildman–Crippen MR) is 90.7 cm³/mol. The molecule has 9 heteroatoms. The molecule has 3 aliphatic rings. The Morgan fingerprint density at radius 1 is 1.24 bits per heavy atom. The van der Waals surface area contributed by atoms with E-state index in [1.54, 1.807) is 18.8 Å². The number of aromatic nitrogens is 4. The summed E-state index contributed by atoms with van der Waals surface area (Å²) >= 11 is 0. The number of fused-ring (bicyclic) bond motifs is 1. The number of rotatable bonds is 3. The molecule has 1 saturated heterocycles. The van der Waals surface area contributed by atoms with E-state index in [9.17, 15) is 0 Å². The minimum absolute atomic E-state index is 0.250. The molecular formula is C16H18N8O. The third kappa shape index (κ3) is 2.49. The quantitative estimate of drug-likeness (QED) is 0.849. The number of hydrogen-bond acceptors (Lipinski definition) is 8. The summed E-state index contributed by atoms with van der Waals surface area (Å²) in [6.07, 6.45) is 13.9. The van der Waals surface area contributed by atoms with Crippen LogP contribution in [0, 0.1) is 0 Å². The number of nitrogens with one attached hydrogen (secondary N) is 2. The highest BCUT2D eigenvalue weighted by molar-refractivity contribution is 5.71. The number of ether oxygens (including phenoxy) is 1. The van der Waals surface area contributed by atoms with Crippen LogP contribution in [0.5, 0.6) is 0 Å². The van der Waals surface area contributed by atoms with Crippen molar-refractivity contribution in [3.63, 3.8) is 0 Å². The zero-order valence-corrected chi connectivity index (χ0v) is 13.5. The number of allylic oxidation sites excluding steroid dienone is 2. The predicted octanol–water partition coefficient (Wildman–Crippen LogP) is 0.778. The average molecular weight is 338 g/mol. The first kappa shape index (κ1) is 14.6. The van der Waals surface area contributed by atoms with Crippen LogP contribution in [-0.2, 0) is 4.74 Å². The maximum Gasteiger partial charge on any atom is 0.205 e. The molecule has 0 amide bonds. The molecule has 1 fully saturated rings. The molecule has 2 aromatic heterocycles. The van der Waals surface area contributed by atoms with Gasteiger partial charge in [-0.3, -0.25) is 0 Å². The van der Waals surface area contributed by atoms with Crippen molar-refractivity contribution in [1.82, 2.24) is 40.6 Å². The molecule has 1 unspecified atom stereocenters. The van der Waals surface area contributed by atoms with E-state index in [1.165, 1.54) is 0 Å². The maximum atomic E-state index is 5.82. The van der Waals surface area contributed by atoms with Crippen molar-refractivity contribution in [1.29, 1.82) is 0 Å². The molecule has 2 N–H and O–H groups in total. The Hall–Kier alpha value is -2.75. The first-order chi connectivity index (χ1) is 12.4. The van der Waals surface area contributed by atoms with Crippen LogP contribution in [0.1, 0.15) is 12.2 Å². The minimum Gasteiger partial charge on any atom is -0.473 e. The Bertz CT molecular complexity index is 866. The smallest absolute Gasteiger partial charge is 0.205 e. The Morgan fingerprint density at radius 3 is 3.08 bits per heavy atom. The molecule has 3 aliphatic heterocycles. The molecule has 9 nitrogen and oxygen atoms in total. The first-order valence-electron chi connectivity index (χ1n) is 8.33. The van der Waals surface area contributed by atoms with Gasteiger partial charge in [-0.15, -0.1) is 5.12 Å². The van der Waals surface area contributed by atoms with Gasteiger partial charge >= 0.3 is 0 Å². The lowest BCUT2D eigenvalue weighted by molar-refractivity contribution is -0.195. The van der Waals surface area contributed by atoms with Gasteiger partial charge in [0.05, 0.1) is 25.3 Å². The van der Waals surface area contributed by atoms with Crippen LogP contribution in [0.15, 0.2) is 43.1 Å². The Kier molecular flexibility index (Phi) is 3.47. The molecule has 0 spiro atoms. The third-order valence-electron chi connectivity index (χ3n) is 4.39. The zero-order valence-electron chi connectivity index (χ0n) is 13.5. The molecule has 5 heterocycles. The van der Waals surface area contributed by atoms with Crippen LogP contribution in [0.2, 0.25) is 0 Å². The summed E-state index contributed by atoms with van der Waals surface area (Å²) < 4.78 is 5.82. The van der Waals surface area contributed by atoms with Gasteiger partial charge in [-0.1, -0.05) is 6.08 Å². The summed E-state index contributed by atoms with van der Waals surface area (Å²) in [6.45, 7) is 2.64. The molecule has 0 saturated carbocycles. The molecule has 5 rings (SSSR count). The normalized spacial score (nSPS) is 24.2. The fourth-order valence-electron chi connectivity index (χ4n) is 3.24. The summed E-state index contributed by atoms with van der Waals surface area (Å²) in [7, 11) is 0. The average Bonchev–Trinajstić information content (AvgIpc) is 3.40. The monoisotopic (exact) mass is 338 g/mol. The van der Waals surface area contributed by atoms with Gasteiger partial charge in [0.2, 0.25) is 6.23 Å². The lowest BCUT2D eigenvalue weighted by Gasteiger charge is -2.40. The SMILES string of the molecule is C1=COC(N2C(c3ncc4[nH]cnc4n3)=CCN2N2CCCN2)C=C1. The summed E-state index contributed by atoms with van der Waals surface area (Å²) in [5, 5.41) is 6.33. The van der Waals surface area contributed by atoms with Crippen LogP contribution in [0.25, 0.3) is 16.9 Å². The number of hydrogen-bond donors (Lipinski definition) is 2. The van der Waals surface area contributed by atoms with E-state index in [2.05, 4.69) is 46.7 Å². The van der Waals surface area contributed by atoms with Gasteiger partial charge < -0.3 is 9.72 Å². The second kappa shape index (κ2) is 5.96. The summed E-state index contributed by atoms with van der Waals surface area (Å²) in [5.41, 5.74) is 5.78. The van der Waals surface area contributed by atoms with E-state index in [0.29, 0.717) is 11.5 Å². The molecule has 1 atom stereocenters. The first-order valence-corrected chi connectivity index (χ1v) is 8.33. The molecule has 0 aliphatic carbocycles. The Balaban J connectivity index is 1.52. The highest BCUT2D eigenvalue weighted by Crippen LogP contribution is 2.30. The van der Waals surface area contributed by atoms with Crippen LogP contribution < -0.4 is 5.43 Å². The molecule has 0 bridgehead atoms. The summed E-state index contributed by atoms with van der Waals surface area (Å²) in [4.78, 5) is 16.4. The van der Waals surface area contributed by atoms with Crippen molar-refractivity contribution in [2.45, 2.75) is 12.6 Å². The van der Waals surface area contributed by atoms with Gasteiger partial charge in [0.25, 0.3) is 0 Å². The van der Waals surface area contributed by atoms with E-state index in [-0.39, 0.29) is 6.23 Å². The van der Waals surface area contributed by atoms with Gasteiger partial charge in [0.1, 0.15) is 11.2 Å². The molecule has 25 heavy (non-hydrogen) atoms. The van der Waals surface area contributed by atoms with Crippen molar-refractivity contribution in [2.75, 3.05) is 19.6 Å². The van der Waals surface area contributed by atoms with E-state index in [0.717, 1.165) is 37.3 Å². The summed E-state index contributed by atoms with van der Waals surface area (Å²) in [6, 6.07) is 0. The van der Waals surface area contributed by atoms with E-state index >= 15 is 0 Å². The van der Waals surface area contributed by atoms with Crippen LogP contribution >= 0.6 is 0 Å². The lowest BCUT2D eigenvalue weighted by Crippen LogP contribution is -2.56. The highest BCUT2D eigenvalue weighted by atomic mass is 16.5. The van der Waals surface area contributed by atoms with Gasteiger partial charge in [-0.05, 0) is 24.6 Å². The number of hydrazine groups is 3. The largest absolute Gasteiger partial charge is 0.473 e. The highest BCUT2D eigenvalue weighted by Gasteiger charge is 2.37. The van der Waals surface area contributed by atoms with E-state index < -0.39 is 0 Å².